The van der Waals surface area contributed by atoms with Crippen LogP contribution in [0.4, 0.5) is 5.82 Å². The molecule has 1 aromatic heterocycles. The number of rotatable bonds is 2. The maximum atomic E-state index is 5.43. The highest BCUT2D eigenvalue weighted by Crippen LogP contribution is 2.35. The van der Waals surface area contributed by atoms with Gasteiger partial charge in [0.05, 0.1) is 13.2 Å². The molecule has 18 heavy (non-hydrogen) atoms. The molecule has 4 nitrogen and oxygen atoms in total. The molecule has 2 fully saturated rings. The van der Waals surface area contributed by atoms with Crippen LogP contribution in [-0.4, -0.2) is 49.8 Å². The molecule has 0 radical (unpaired) electrons. The van der Waals surface area contributed by atoms with E-state index in [1.165, 1.54) is 30.8 Å². The van der Waals surface area contributed by atoms with Gasteiger partial charge in [-0.3, -0.25) is 4.90 Å². The van der Waals surface area contributed by atoms with Gasteiger partial charge in [0.2, 0.25) is 0 Å². The average Bonchev–Trinajstić information content (AvgIpc) is 2.86. The van der Waals surface area contributed by atoms with Crippen LogP contribution in [0.3, 0.4) is 0 Å². The van der Waals surface area contributed by atoms with Crippen LogP contribution in [0, 0.1) is 0 Å². The lowest BCUT2D eigenvalue weighted by Gasteiger charge is -2.31. The molecule has 0 spiro atoms. The molecule has 2 saturated heterocycles. The molecule has 1 aromatic rings. The van der Waals surface area contributed by atoms with Crippen LogP contribution >= 0.6 is 0 Å². The fourth-order valence-corrected chi connectivity index (χ4v) is 3.01. The van der Waals surface area contributed by atoms with Crippen LogP contribution < -0.4 is 4.90 Å². The van der Waals surface area contributed by atoms with E-state index in [9.17, 15) is 0 Å². The summed E-state index contributed by atoms with van der Waals surface area (Å²) in [6.45, 7) is 4.75. The van der Waals surface area contributed by atoms with E-state index < -0.39 is 0 Å². The molecule has 0 amide bonds. The highest BCUT2D eigenvalue weighted by Gasteiger charge is 2.27. The van der Waals surface area contributed by atoms with Crippen molar-refractivity contribution in [2.45, 2.75) is 18.9 Å². The van der Waals surface area contributed by atoms with Crippen molar-refractivity contribution in [1.29, 1.82) is 0 Å². The standard InChI is InChI=1S/C14H21N3O/c1-16-7-3-5-13(16)12-4-2-6-15-14(12)17-8-10-18-11-9-17/h2,4,6,13H,3,5,7-11H2,1H3/t13-/m0/s1. The van der Waals surface area contributed by atoms with Gasteiger partial charge in [0, 0.05) is 30.9 Å². The van der Waals surface area contributed by atoms with Gasteiger partial charge in [-0.25, -0.2) is 4.98 Å². The van der Waals surface area contributed by atoms with E-state index in [4.69, 9.17) is 4.74 Å². The lowest BCUT2D eigenvalue weighted by Crippen LogP contribution is -2.38. The van der Waals surface area contributed by atoms with Crippen molar-refractivity contribution in [2.24, 2.45) is 0 Å². The van der Waals surface area contributed by atoms with Gasteiger partial charge < -0.3 is 9.64 Å². The first-order chi connectivity index (χ1) is 8.86. The zero-order chi connectivity index (χ0) is 12.4. The van der Waals surface area contributed by atoms with E-state index in [2.05, 4.69) is 34.0 Å². The number of nitrogens with zero attached hydrogens (tertiary/aromatic N) is 3. The van der Waals surface area contributed by atoms with Crippen LogP contribution in [0.25, 0.3) is 0 Å². The first-order valence-electron chi connectivity index (χ1n) is 6.84. The number of hydrogen-bond donors (Lipinski definition) is 0. The first kappa shape index (κ1) is 11.9. The summed E-state index contributed by atoms with van der Waals surface area (Å²) in [5.41, 5.74) is 1.39. The third kappa shape index (κ3) is 2.22. The minimum absolute atomic E-state index is 0.538. The second-order valence-corrected chi connectivity index (χ2v) is 5.15. The Kier molecular flexibility index (Phi) is 3.48. The Labute approximate surface area is 109 Å². The molecule has 4 heteroatoms. The molecule has 3 heterocycles. The molecule has 2 aliphatic rings. The van der Waals surface area contributed by atoms with E-state index >= 15 is 0 Å². The molecule has 0 unspecified atom stereocenters. The lowest BCUT2D eigenvalue weighted by molar-refractivity contribution is 0.122. The van der Waals surface area contributed by atoms with Crippen LogP contribution in [0.15, 0.2) is 18.3 Å². The number of anilines is 1. The second-order valence-electron chi connectivity index (χ2n) is 5.15. The maximum absolute atomic E-state index is 5.43. The van der Waals surface area contributed by atoms with E-state index in [1.54, 1.807) is 0 Å². The van der Waals surface area contributed by atoms with Crippen molar-refractivity contribution in [1.82, 2.24) is 9.88 Å². The molecule has 2 aliphatic heterocycles. The Morgan fingerprint density at radius 2 is 2.11 bits per heavy atom. The van der Waals surface area contributed by atoms with Crippen LogP contribution in [0.2, 0.25) is 0 Å². The van der Waals surface area contributed by atoms with E-state index in [1.807, 2.05) is 6.20 Å². The normalized spacial score (nSPS) is 25.6. The highest BCUT2D eigenvalue weighted by molar-refractivity contribution is 5.49. The molecule has 98 valence electrons. The van der Waals surface area contributed by atoms with Crippen LogP contribution in [-0.2, 0) is 4.74 Å². The molecule has 0 saturated carbocycles. The highest BCUT2D eigenvalue weighted by atomic mass is 16.5. The summed E-state index contributed by atoms with van der Waals surface area (Å²) in [6.07, 6.45) is 4.45. The molecule has 0 aliphatic carbocycles. The van der Waals surface area contributed by atoms with Crippen molar-refractivity contribution in [3.8, 4) is 0 Å². The molecular formula is C14H21N3O. The average molecular weight is 247 g/mol. The van der Waals surface area contributed by atoms with Crippen molar-refractivity contribution in [3.05, 3.63) is 23.9 Å². The molecule has 3 rings (SSSR count). The van der Waals surface area contributed by atoms with Crippen molar-refractivity contribution in [2.75, 3.05) is 44.8 Å². The third-order valence-corrected chi connectivity index (χ3v) is 4.01. The number of hydrogen-bond acceptors (Lipinski definition) is 4. The van der Waals surface area contributed by atoms with Crippen LogP contribution in [0.5, 0.6) is 0 Å². The predicted octanol–water partition coefficient (Wildman–Crippen LogP) is 1.68. The Morgan fingerprint density at radius 1 is 1.28 bits per heavy atom. The van der Waals surface area contributed by atoms with Gasteiger partial charge in [-0.05, 0) is 32.5 Å². The smallest absolute Gasteiger partial charge is 0.133 e. The summed E-state index contributed by atoms with van der Waals surface area (Å²) in [7, 11) is 2.22. The number of pyridine rings is 1. The minimum Gasteiger partial charge on any atom is -0.378 e. The lowest BCUT2D eigenvalue weighted by atomic mass is 10.0. The van der Waals surface area contributed by atoms with E-state index in [0.29, 0.717) is 6.04 Å². The first-order valence-corrected chi connectivity index (χ1v) is 6.84. The number of aromatic nitrogens is 1. The zero-order valence-electron chi connectivity index (χ0n) is 11.0. The molecule has 0 N–H and O–H groups in total. The topological polar surface area (TPSA) is 28.6 Å². The fourth-order valence-electron chi connectivity index (χ4n) is 3.01. The van der Waals surface area contributed by atoms with Gasteiger partial charge in [-0.1, -0.05) is 6.07 Å². The Hall–Kier alpha value is -1.13. The van der Waals surface area contributed by atoms with Gasteiger partial charge in [-0.2, -0.15) is 0 Å². The fraction of sp³-hybridized carbons (Fsp3) is 0.643. The Balaban J connectivity index is 1.89. The Bertz CT molecular complexity index is 404. The maximum Gasteiger partial charge on any atom is 0.133 e. The quantitative estimate of drug-likeness (QED) is 0.795. The molecule has 0 bridgehead atoms. The van der Waals surface area contributed by atoms with Gasteiger partial charge in [-0.15, -0.1) is 0 Å². The monoisotopic (exact) mass is 247 g/mol. The van der Waals surface area contributed by atoms with E-state index in [0.717, 1.165) is 26.3 Å². The number of ether oxygens (including phenoxy) is 1. The summed E-state index contributed by atoms with van der Waals surface area (Å²) in [5.74, 6) is 1.17. The second kappa shape index (κ2) is 5.24. The molecule has 1 atom stereocenters. The van der Waals surface area contributed by atoms with E-state index in [-0.39, 0.29) is 0 Å². The van der Waals surface area contributed by atoms with Gasteiger partial charge in [0.25, 0.3) is 0 Å². The third-order valence-electron chi connectivity index (χ3n) is 4.01. The predicted molar refractivity (Wildman–Crippen MR) is 71.9 cm³/mol. The summed E-state index contributed by atoms with van der Waals surface area (Å²) >= 11 is 0. The van der Waals surface area contributed by atoms with Gasteiger partial charge >= 0.3 is 0 Å². The van der Waals surface area contributed by atoms with Gasteiger partial charge in [0.15, 0.2) is 0 Å². The summed E-state index contributed by atoms with van der Waals surface area (Å²) in [6, 6.07) is 4.84. The van der Waals surface area contributed by atoms with Crippen molar-refractivity contribution in [3.63, 3.8) is 0 Å². The number of morpholine rings is 1. The van der Waals surface area contributed by atoms with Gasteiger partial charge in [0.1, 0.15) is 5.82 Å². The van der Waals surface area contributed by atoms with Crippen molar-refractivity contribution < 1.29 is 4.74 Å². The zero-order valence-corrected chi connectivity index (χ0v) is 11.0. The minimum atomic E-state index is 0.538. The Morgan fingerprint density at radius 3 is 2.83 bits per heavy atom. The summed E-state index contributed by atoms with van der Waals surface area (Å²) in [4.78, 5) is 9.44. The van der Waals surface area contributed by atoms with Crippen molar-refractivity contribution >= 4 is 5.82 Å². The SMILES string of the molecule is CN1CCC[C@H]1c1cccnc1N1CCOCC1. The van der Waals surface area contributed by atoms with Crippen LogP contribution in [0.1, 0.15) is 24.4 Å². The summed E-state index contributed by atoms with van der Waals surface area (Å²) < 4.78 is 5.43. The number of likely N-dealkylation sites (tertiary alicyclic amines) is 1. The molecule has 0 aromatic carbocycles. The summed E-state index contributed by atoms with van der Waals surface area (Å²) in [5, 5.41) is 0. The molecular weight excluding hydrogens is 226 g/mol. The largest absolute Gasteiger partial charge is 0.378 e.